The quantitative estimate of drug-likeness (QED) is 0.450. The Morgan fingerprint density at radius 3 is 2.31 bits per heavy atom. The number of hydrogen-bond acceptors (Lipinski definition) is 2. The maximum absolute atomic E-state index is 13.0. The van der Waals surface area contributed by atoms with Gasteiger partial charge in [0.1, 0.15) is 5.75 Å². The van der Waals surface area contributed by atoms with Gasteiger partial charge in [0.2, 0.25) is 0 Å². The molecular weight excluding hydrogens is 398 g/mol. The first kappa shape index (κ1) is 21.7. The number of benzene rings is 3. The Kier molecular flexibility index (Phi) is 6.57. The molecule has 1 heterocycles. The highest BCUT2D eigenvalue weighted by Crippen LogP contribution is 2.31. The minimum absolute atomic E-state index is 0.0867. The van der Waals surface area contributed by atoms with Crippen molar-refractivity contribution in [3.63, 3.8) is 0 Å². The molecule has 0 fully saturated rings. The minimum atomic E-state index is -0.294. The molecular formula is C27H30N3O2+. The van der Waals surface area contributed by atoms with Crippen LogP contribution in [0.15, 0.2) is 85.1 Å². The van der Waals surface area contributed by atoms with Gasteiger partial charge in [0, 0.05) is 36.8 Å². The summed E-state index contributed by atoms with van der Waals surface area (Å²) in [5.74, 6) is 1.03. The van der Waals surface area contributed by atoms with E-state index >= 15 is 0 Å². The van der Waals surface area contributed by atoms with Crippen molar-refractivity contribution < 1.29 is 14.8 Å². The third-order valence-corrected chi connectivity index (χ3v) is 5.99. The number of carbonyl (C=O) groups is 1. The van der Waals surface area contributed by atoms with E-state index in [4.69, 9.17) is 4.74 Å². The van der Waals surface area contributed by atoms with Crippen LogP contribution >= 0.6 is 0 Å². The molecule has 4 rings (SSSR count). The number of quaternary nitrogens is 1. The van der Waals surface area contributed by atoms with E-state index in [1.165, 1.54) is 16.5 Å². The van der Waals surface area contributed by atoms with E-state index in [2.05, 4.69) is 46.8 Å². The number of H-pyrrole nitrogens is 1. The van der Waals surface area contributed by atoms with Crippen molar-refractivity contribution in [1.82, 2.24) is 9.88 Å². The maximum Gasteiger partial charge on any atom is 0.285 e. The van der Waals surface area contributed by atoms with E-state index in [0.717, 1.165) is 23.4 Å². The van der Waals surface area contributed by atoms with Crippen LogP contribution in [-0.4, -0.2) is 43.5 Å². The van der Waals surface area contributed by atoms with Crippen molar-refractivity contribution in [3.8, 4) is 5.75 Å². The molecule has 1 aromatic heterocycles. The SMILES string of the molecule is COc1ccc([C@H](C[NH2+][C@H](C(=O)N(C)C)c2ccccc2)c2c[nH]c3ccccc23)cc1. The topological polar surface area (TPSA) is 61.9 Å². The summed E-state index contributed by atoms with van der Waals surface area (Å²) in [7, 11) is 5.30. The van der Waals surface area contributed by atoms with Gasteiger partial charge in [0.05, 0.1) is 19.6 Å². The van der Waals surface area contributed by atoms with Crippen molar-refractivity contribution in [1.29, 1.82) is 0 Å². The summed E-state index contributed by atoms with van der Waals surface area (Å²) in [6, 6.07) is 26.3. The van der Waals surface area contributed by atoms with Gasteiger partial charge in [-0.05, 0) is 29.3 Å². The lowest BCUT2D eigenvalue weighted by Gasteiger charge is -2.23. The Balaban J connectivity index is 1.70. The second kappa shape index (κ2) is 9.71. The third-order valence-electron chi connectivity index (χ3n) is 5.99. The van der Waals surface area contributed by atoms with Crippen LogP contribution in [0, 0.1) is 0 Å². The van der Waals surface area contributed by atoms with E-state index in [9.17, 15) is 4.79 Å². The van der Waals surface area contributed by atoms with Gasteiger partial charge in [0.15, 0.2) is 6.04 Å². The van der Waals surface area contributed by atoms with Crippen molar-refractivity contribution in [2.24, 2.45) is 0 Å². The van der Waals surface area contributed by atoms with Crippen LogP contribution in [0.3, 0.4) is 0 Å². The molecule has 32 heavy (non-hydrogen) atoms. The lowest BCUT2D eigenvalue weighted by atomic mass is 9.90. The van der Waals surface area contributed by atoms with E-state index < -0.39 is 0 Å². The van der Waals surface area contributed by atoms with Gasteiger partial charge in [-0.15, -0.1) is 0 Å². The average Bonchev–Trinajstić information content (AvgIpc) is 3.26. The van der Waals surface area contributed by atoms with Crippen LogP contribution in [0.25, 0.3) is 10.9 Å². The number of aromatic amines is 1. The maximum atomic E-state index is 13.0. The molecule has 5 nitrogen and oxygen atoms in total. The first-order valence-electron chi connectivity index (χ1n) is 10.9. The zero-order valence-electron chi connectivity index (χ0n) is 18.8. The van der Waals surface area contributed by atoms with Crippen LogP contribution in [0.5, 0.6) is 5.75 Å². The molecule has 0 bridgehead atoms. The molecule has 0 aliphatic heterocycles. The van der Waals surface area contributed by atoms with Crippen LogP contribution in [0.2, 0.25) is 0 Å². The summed E-state index contributed by atoms with van der Waals surface area (Å²) in [5.41, 5.74) is 4.55. The number of likely N-dealkylation sites (N-methyl/N-ethyl adjacent to an activating group) is 1. The molecule has 0 radical (unpaired) electrons. The molecule has 0 unspecified atom stereocenters. The Morgan fingerprint density at radius 1 is 0.938 bits per heavy atom. The Bertz CT molecular complexity index is 1170. The molecule has 3 N–H and O–H groups in total. The van der Waals surface area contributed by atoms with Crippen molar-refractivity contribution >= 4 is 16.8 Å². The number of ether oxygens (including phenoxy) is 1. The summed E-state index contributed by atoms with van der Waals surface area (Å²) in [6.07, 6.45) is 2.10. The number of nitrogens with one attached hydrogen (secondary N) is 1. The van der Waals surface area contributed by atoms with E-state index in [1.807, 2.05) is 62.6 Å². The van der Waals surface area contributed by atoms with Gasteiger partial charge in [-0.1, -0.05) is 60.7 Å². The highest BCUT2D eigenvalue weighted by Gasteiger charge is 2.28. The second-order valence-corrected chi connectivity index (χ2v) is 8.21. The minimum Gasteiger partial charge on any atom is -0.497 e. The number of rotatable bonds is 8. The van der Waals surface area contributed by atoms with Gasteiger partial charge < -0.3 is 19.9 Å². The number of para-hydroxylation sites is 1. The summed E-state index contributed by atoms with van der Waals surface area (Å²) in [4.78, 5) is 18.1. The molecule has 0 saturated heterocycles. The summed E-state index contributed by atoms with van der Waals surface area (Å²) in [6.45, 7) is 0.729. The standard InChI is InChI=1S/C27H29N3O2/c1-30(2)27(31)26(20-9-5-4-6-10-20)29-17-23(19-13-15-21(32-3)16-14-19)24-18-28-25-12-8-7-11-22(24)25/h4-16,18,23,26,28-29H,17H2,1-3H3/p+1/t23-,26-/m0/s1. The zero-order valence-corrected chi connectivity index (χ0v) is 18.8. The molecule has 3 aromatic carbocycles. The van der Waals surface area contributed by atoms with Crippen LogP contribution in [0.4, 0.5) is 0 Å². The number of fused-ring (bicyclic) bond motifs is 1. The Hall–Kier alpha value is -3.57. The van der Waals surface area contributed by atoms with Gasteiger partial charge in [-0.2, -0.15) is 0 Å². The van der Waals surface area contributed by atoms with Crippen molar-refractivity contribution in [3.05, 3.63) is 102 Å². The Labute approximate surface area is 189 Å². The fourth-order valence-corrected chi connectivity index (χ4v) is 4.25. The van der Waals surface area contributed by atoms with Crippen LogP contribution in [0.1, 0.15) is 28.7 Å². The molecule has 5 heteroatoms. The van der Waals surface area contributed by atoms with E-state index in [-0.39, 0.29) is 17.9 Å². The van der Waals surface area contributed by atoms with E-state index in [0.29, 0.717) is 0 Å². The molecule has 0 spiro atoms. The lowest BCUT2D eigenvalue weighted by Crippen LogP contribution is -2.88. The fraction of sp³-hybridized carbons (Fsp3) is 0.222. The molecule has 1 amide bonds. The average molecular weight is 429 g/mol. The summed E-state index contributed by atoms with van der Waals surface area (Å²) < 4.78 is 5.36. The van der Waals surface area contributed by atoms with Gasteiger partial charge in [-0.25, -0.2) is 0 Å². The fourth-order valence-electron chi connectivity index (χ4n) is 4.25. The molecule has 0 aliphatic rings. The van der Waals surface area contributed by atoms with Gasteiger partial charge >= 0.3 is 0 Å². The van der Waals surface area contributed by atoms with Crippen molar-refractivity contribution in [2.45, 2.75) is 12.0 Å². The zero-order chi connectivity index (χ0) is 22.5. The predicted octanol–water partition coefficient (Wildman–Crippen LogP) is 3.70. The number of amides is 1. The number of carbonyl (C=O) groups excluding carboxylic acids is 1. The van der Waals surface area contributed by atoms with Gasteiger partial charge in [0.25, 0.3) is 5.91 Å². The van der Waals surface area contributed by atoms with Gasteiger partial charge in [-0.3, -0.25) is 4.79 Å². The monoisotopic (exact) mass is 428 g/mol. The van der Waals surface area contributed by atoms with E-state index in [1.54, 1.807) is 12.0 Å². The van der Waals surface area contributed by atoms with Crippen LogP contribution < -0.4 is 10.1 Å². The molecule has 164 valence electrons. The normalized spacial score (nSPS) is 13.0. The first-order valence-corrected chi connectivity index (χ1v) is 10.9. The largest absolute Gasteiger partial charge is 0.497 e. The number of methoxy groups -OCH3 is 1. The summed E-state index contributed by atoms with van der Waals surface area (Å²) >= 11 is 0. The lowest BCUT2D eigenvalue weighted by molar-refractivity contribution is -0.684. The molecule has 0 saturated carbocycles. The predicted molar refractivity (Wildman–Crippen MR) is 128 cm³/mol. The number of hydrogen-bond donors (Lipinski definition) is 2. The number of nitrogens with zero attached hydrogens (tertiary/aromatic N) is 1. The highest BCUT2D eigenvalue weighted by atomic mass is 16.5. The smallest absolute Gasteiger partial charge is 0.285 e. The van der Waals surface area contributed by atoms with Crippen molar-refractivity contribution in [2.75, 3.05) is 27.7 Å². The Morgan fingerprint density at radius 2 is 1.62 bits per heavy atom. The molecule has 2 atom stereocenters. The first-order chi connectivity index (χ1) is 15.6. The highest BCUT2D eigenvalue weighted by molar-refractivity contribution is 5.84. The molecule has 4 aromatic rings. The third kappa shape index (κ3) is 4.53. The van der Waals surface area contributed by atoms with Crippen LogP contribution in [-0.2, 0) is 4.79 Å². The number of aromatic nitrogens is 1. The second-order valence-electron chi connectivity index (χ2n) is 8.21. The number of nitrogens with two attached hydrogens (primary N) is 1. The summed E-state index contributed by atoms with van der Waals surface area (Å²) in [5, 5.41) is 3.37. The molecule has 0 aliphatic carbocycles.